The van der Waals surface area contributed by atoms with Crippen LogP contribution < -0.4 is 5.73 Å². The van der Waals surface area contributed by atoms with Crippen LogP contribution in [-0.2, 0) is 6.54 Å². The summed E-state index contributed by atoms with van der Waals surface area (Å²) in [5.74, 6) is 0.539. The average Bonchev–Trinajstić information content (AvgIpc) is 2.65. The van der Waals surface area contributed by atoms with Crippen molar-refractivity contribution in [2.24, 2.45) is 11.7 Å². The number of hydrogen-bond donors (Lipinski definition) is 1. The Hall–Kier alpha value is -0.870. The Labute approximate surface area is 98.4 Å². The lowest BCUT2D eigenvalue weighted by atomic mass is 10.2. The van der Waals surface area contributed by atoms with Crippen molar-refractivity contribution in [2.75, 3.05) is 20.1 Å². The summed E-state index contributed by atoms with van der Waals surface area (Å²) in [6.07, 6.45) is 2.04. The summed E-state index contributed by atoms with van der Waals surface area (Å²) in [6.45, 7) is 9.09. The molecule has 0 radical (unpaired) electrons. The fourth-order valence-electron chi connectivity index (χ4n) is 1.70. The number of nitrogens with zero attached hydrogens (tertiary/aromatic N) is 3. The highest BCUT2D eigenvalue weighted by atomic mass is 15.3. The molecular weight excluding hydrogens is 200 g/mol. The van der Waals surface area contributed by atoms with E-state index < -0.39 is 0 Å². The van der Waals surface area contributed by atoms with E-state index in [4.69, 9.17) is 5.73 Å². The normalized spacial score (nSPS) is 13.7. The maximum Gasteiger partial charge on any atom is 0.0764 e. The minimum atomic E-state index is 0.432. The first kappa shape index (κ1) is 13.2. The Balaban J connectivity index is 2.46. The van der Waals surface area contributed by atoms with Crippen LogP contribution in [0.15, 0.2) is 12.3 Å². The van der Waals surface area contributed by atoms with E-state index in [1.807, 2.05) is 10.9 Å². The molecule has 2 N–H and O–H groups in total. The molecule has 0 aliphatic carbocycles. The molecule has 1 atom stereocenters. The van der Waals surface area contributed by atoms with Crippen LogP contribution in [-0.4, -0.2) is 34.8 Å². The Morgan fingerprint density at radius 2 is 2.12 bits per heavy atom. The van der Waals surface area contributed by atoms with Crippen LogP contribution in [0.2, 0.25) is 0 Å². The van der Waals surface area contributed by atoms with E-state index in [1.54, 1.807) is 0 Å². The Kier molecular flexibility index (Phi) is 4.96. The molecule has 0 fully saturated rings. The van der Waals surface area contributed by atoms with E-state index in [9.17, 15) is 0 Å². The first-order chi connectivity index (χ1) is 7.52. The van der Waals surface area contributed by atoms with Gasteiger partial charge in [-0.1, -0.05) is 6.92 Å². The highest BCUT2D eigenvalue weighted by Crippen LogP contribution is 2.07. The van der Waals surface area contributed by atoms with E-state index in [1.165, 1.54) is 0 Å². The van der Waals surface area contributed by atoms with Crippen molar-refractivity contribution in [3.05, 3.63) is 18.0 Å². The zero-order valence-electron chi connectivity index (χ0n) is 10.8. The molecule has 0 bridgehead atoms. The van der Waals surface area contributed by atoms with Crippen LogP contribution in [0.5, 0.6) is 0 Å². The van der Waals surface area contributed by atoms with Crippen molar-refractivity contribution < 1.29 is 0 Å². The van der Waals surface area contributed by atoms with E-state index in [0.717, 1.165) is 25.3 Å². The predicted octanol–water partition coefficient (Wildman–Crippen LogP) is 1.49. The third-order valence-corrected chi connectivity index (χ3v) is 2.65. The first-order valence-corrected chi connectivity index (χ1v) is 5.95. The van der Waals surface area contributed by atoms with E-state index in [0.29, 0.717) is 12.0 Å². The van der Waals surface area contributed by atoms with E-state index >= 15 is 0 Å². The summed E-state index contributed by atoms with van der Waals surface area (Å²) < 4.78 is 2.00. The maximum absolute atomic E-state index is 5.61. The van der Waals surface area contributed by atoms with Crippen molar-refractivity contribution in [3.63, 3.8) is 0 Å². The molecule has 1 aromatic heterocycles. The van der Waals surface area contributed by atoms with Crippen LogP contribution in [0.1, 0.15) is 32.5 Å². The largest absolute Gasteiger partial charge is 0.330 e. The smallest absolute Gasteiger partial charge is 0.0764 e. The summed E-state index contributed by atoms with van der Waals surface area (Å²) in [5.41, 5.74) is 6.74. The summed E-state index contributed by atoms with van der Waals surface area (Å²) >= 11 is 0. The highest BCUT2D eigenvalue weighted by molar-refractivity contribution is 4.99. The van der Waals surface area contributed by atoms with Crippen molar-refractivity contribution in [1.29, 1.82) is 0 Å². The molecule has 1 unspecified atom stereocenters. The minimum absolute atomic E-state index is 0.432. The quantitative estimate of drug-likeness (QED) is 0.796. The second kappa shape index (κ2) is 6.01. The molecule has 0 spiro atoms. The molecule has 4 heteroatoms. The third kappa shape index (κ3) is 3.94. The van der Waals surface area contributed by atoms with Gasteiger partial charge in [0.25, 0.3) is 0 Å². The molecule has 4 nitrogen and oxygen atoms in total. The molecule has 1 rings (SSSR count). The Bertz CT molecular complexity index is 306. The van der Waals surface area contributed by atoms with Crippen molar-refractivity contribution in [1.82, 2.24) is 14.7 Å². The SMILES string of the molecule is CC(CN)CN(C)Cc1ccn(C(C)C)n1. The lowest BCUT2D eigenvalue weighted by Crippen LogP contribution is -2.28. The molecule has 0 saturated carbocycles. The fourth-order valence-corrected chi connectivity index (χ4v) is 1.70. The van der Waals surface area contributed by atoms with Gasteiger partial charge in [-0.2, -0.15) is 5.10 Å². The molecule has 0 saturated heterocycles. The topological polar surface area (TPSA) is 47.1 Å². The van der Waals surface area contributed by atoms with E-state index in [-0.39, 0.29) is 0 Å². The molecule has 16 heavy (non-hydrogen) atoms. The van der Waals surface area contributed by atoms with Gasteiger partial charge in [-0.25, -0.2) is 0 Å². The lowest BCUT2D eigenvalue weighted by Gasteiger charge is -2.19. The summed E-state index contributed by atoms with van der Waals surface area (Å²) in [6, 6.07) is 2.52. The van der Waals surface area contributed by atoms with Gasteiger partial charge >= 0.3 is 0 Å². The molecular formula is C12H24N4. The van der Waals surface area contributed by atoms with Gasteiger partial charge in [-0.3, -0.25) is 4.68 Å². The van der Waals surface area contributed by atoms with Gasteiger partial charge in [0.1, 0.15) is 0 Å². The van der Waals surface area contributed by atoms with Crippen LogP contribution in [0.4, 0.5) is 0 Å². The Morgan fingerprint density at radius 1 is 1.44 bits per heavy atom. The summed E-state index contributed by atoms with van der Waals surface area (Å²) in [4.78, 5) is 2.27. The Morgan fingerprint density at radius 3 is 2.62 bits per heavy atom. The van der Waals surface area contributed by atoms with Crippen molar-refractivity contribution >= 4 is 0 Å². The second-order valence-electron chi connectivity index (χ2n) is 4.92. The standard InChI is InChI=1S/C12H24N4/c1-10(2)16-6-5-12(14-16)9-15(4)8-11(3)7-13/h5-6,10-11H,7-9,13H2,1-4H3. The van der Waals surface area contributed by atoms with Crippen LogP contribution in [0.25, 0.3) is 0 Å². The number of rotatable bonds is 6. The first-order valence-electron chi connectivity index (χ1n) is 5.95. The van der Waals surface area contributed by atoms with Crippen molar-refractivity contribution in [3.8, 4) is 0 Å². The molecule has 92 valence electrons. The van der Waals surface area contributed by atoms with Gasteiger partial charge < -0.3 is 10.6 Å². The average molecular weight is 224 g/mol. The van der Waals surface area contributed by atoms with Crippen LogP contribution in [0, 0.1) is 5.92 Å². The molecule has 0 aliphatic rings. The molecule has 0 aromatic carbocycles. The zero-order chi connectivity index (χ0) is 12.1. The zero-order valence-corrected chi connectivity index (χ0v) is 10.8. The summed E-state index contributed by atoms with van der Waals surface area (Å²) in [5, 5.41) is 4.53. The third-order valence-electron chi connectivity index (χ3n) is 2.65. The monoisotopic (exact) mass is 224 g/mol. The highest BCUT2D eigenvalue weighted by Gasteiger charge is 2.08. The van der Waals surface area contributed by atoms with Crippen LogP contribution >= 0.6 is 0 Å². The molecule has 1 heterocycles. The summed E-state index contributed by atoms with van der Waals surface area (Å²) in [7, 11) is 2.11. The number of hydrogen-bond acceptors (Lipinski definition) is 3. The molecule has 1 aromatic rings. The van der Waals surface area contributed by atoms with Gasteiger partial charge in [-0.05, 0) is 39.4 Å². The predicted molar refractivity (Wildman–Crippen MR) is 67.2 cm³/mol. The number of nitrogens with two attached hydrogens (primary N) is 1. The van der Waals surface area contributed by atoms with Gasteiger partial charge in [0, 0.05) is 25.3 Å². The minimum Gasteiger partial charge on any atom is -0.330 e. The lowest BCUT2D eigenvalue weighted by molar-refractivity contribution is 0.277. The maximum atomic E-state index is 5.61. The van der Waals surface area contributed by atoms with Gasteiger partial charge in [0.05, 0.1) is 5.69 Å². The van der Waals surface area contributed by atoms with Crippen LogP contribution in [0.3, 0.4) is 0 Å². The van der Waals surface area contributed by atoms with Gasteiger partial charge in [-0.15, -0.1) is 0 Å². The van der Waals surface area contributed by atoms with Gasteiger partial charge in [0.2, 0.25) is 0 Å². The number of aromatic nitrogens is 2. The second-order valence-corrected chi connectivity index (χ2v) is 4.92. The molecule has 0 aliphatic heterocycles. The van der Waals surface area contributed by atoms with E-state index in [2.05, 4.69) is 43.9 Å². The molecule has 0 amide bonds. The fraction of sp³-hybridized carbons (Fsp3) is 0.750. The van der Waals surface area contributed by atoms with Gasteiger partial charge in [0.15, 0.2) is 0 Å². The van der Waals surface area contributed by atoms with Crippen molar-refractivity contribution in [2.45, 2.75) is 33.4 Å².